The summed E-state index contributed by atoms with van der Waals surface area (Å²) in [5.74, 6) is 1.05. The zero-order chi connectivity index (χ0) is 15.2. The summed E-state index contributed by atoms with van der Waals surface area (Å²) in [6.07, 6.45) is 0.844. The third-order valence-electron chi connectivity index (χ3n) is 3.64. The molecule has 2 unspecified atom stereocenters. The van der Waals surface area contributed by atoms with Gasteiger partial charge in [-0.1, -0.05) is 0 Å². The summed E-state index contributed by atoms with van der Waals surface area (Å²) in [4.78, 5) is 12.2. The van der Waals surface area contributed by atoms with Crippen LogP contribution in [0.25, 0.3) is 0 Å². The fourth-order valence-electron chi connectivity index (χ4n) is 2.47. The second-order valence-electron chi connectivity index (χ2n) is 5.06. The van der Waals surface area contributed by atoms with Gasteiger partial charge in [-0.3, -0.25) is 4.79 Å². The van der Waals surface area contributed by atoms with E-state index in [0.29, 0.717) is 17.2 Å². The van der Waals surface area contributed by atoms with Gasteiger partial charge in [0.15, 0.2) is 11.5 Å². The molecule has 0 bridgehead atoms. The third kappa shape index (κ3) is 3.86. The molecule has 1 aliphatic heterocycles. The van der Waals surface area contributed by atoms with Crippen molar-refractivity contribution in [3.05, 3.63) is 18.2 Å². The highest BCUT2D eigenvalue weighted by atomic mass is 16.5. The fourth-order valence-corrected chi connectivity index (χ4v) is 2.47. The van der Waals surface area contributed by atoms with Crippen molar-refractivity contribution < 1.29 is 19.4 Å². The number of carbonyl (C=O) groups is 1. The third-order valence-corrected chi connectivity index (χ3v) is 3.64. The van der Waals surface area contributed by atoms with Crippen molar-refractivity contribution in [2.45, 2.75) is 19.4 Å². The molecule has 0 aliphatic carbocycles. The van der Waals surface area contributed by atoms with Crippen molar-refractivity contribution in [1.29, 1.82) is 0 Å². The summed E-state index contributed by atoms with van der Waals surface area (Å²) in [5, 5.41) is 15.0. The van der Waals surface area contributed by atoms with Gasteiger partial charge in [-0.05, 0) is 32.0 Å². The van der Waals surface area contributed by atoms with Crippen LogP contribution in [0.5, 0.6) is 11.5 Å². The Bertz CT molecular complexity index is 493. The first kappa shape index (κ1) is 15.6. The van der Waals surface area contributed by atoms with Gasteiger partial charge in [-0.2, -0.15) is 0 Å². The number of aliphatic hydroxyl groups excluding tert-OH is 1. The molecule has 2 atom stereocenters. The predicted molar refractivity (Wildman–Crippen MR) is 79.8 cm³/mol. The number of amides is 1. The monoisotopic (exact) mass is 294 g/mol. The minimum absolute atomic E-state index is 0.00535. The van der Waals surface area contributed by atoms with Gasteiger partial charge in [0.25, 0.3) is 0 Å². The molecule has 0 aromatic heterocycles. The normalized spacial score (nSPS) is 21.1. The first-order valence-electron chi connectivity index (χ1n) is 7.11. The first-order valence-corrected chi connectivity index (χ1v) is 7.11. The van der Waals surface area contributed by atoms with Crippen LogP contribution in [0, 0.1) is 5.92 Å². The Morgan fingerprint density at radius 2 is 2.29 bits per heavy atom. The lowest BCUT2D eigenvalue weighted by Gasteiger charge is -2.16. The standard InChI is InChI=1S/C15H22N2O4/c1-10-12(5-6-16-10)15(19)17-11-3-4-13(20-2)14(9-11)21-8-7-18/h3-4,9-10,12,16,18H,5-8H2,1-2H3,(H,17,19). The van der Waals surface area contributed by atoms with E-state index in [1.165, 1.54) is 0 Å². The van der Waals surface area contributed by atoms with Crippen LogP contribution in [-0.2, 0) is 4.79 Å². The van der Waals surface area contributed by atoms with E-state index in [-0.39, 0.29) is 31.1 Å². The van der Waals surface area contributed by atoms with Gasteiger partial charge in [0.2, 0.25) is 5.91 Å². The van der Waals surface area contributed by atoms with E-state index in [1.54, 1.807) is 25.3 Å². The molecule has 1 heterocycles. The average molecular weight is 294 g/mol. The molecule has 21 heavy (non-hydrogen) atoms. The van der Waals surface area contributed by atoms with E-state index in [1.807, 2.05) is 6.92 Å². The topological polar surface area (TPSA) is 79.8 Å². The maximum atomic E-state index is 12.2. The lowest BCUT2D eigenvalue weighted by molar-refractivity contribution is -0.120. The number of rotatable bonds is 6. The van der Waals surface area contributed by atoms with Crippen molar-refractivity contribution in [2.75, 3.05) is 32.2 Å². The van der Waals surface area contributed by atoms with Crippen LogP contribution in [-0.4, -0.2) is 43.9 Å². The second-order valence-corrected chi connectivity index (χ2v) is 5.06. The molecule has 0 radical (unpaired) electrons. The number of nitrogens with one attached hydrogen (secondary N) is 2. The Morgan fingerprint density at radius 1 is 1.48 bits per heavy atom. The van der Waals surface area contributed by atoms with Crippen molar-refractivity contribution in [3.8, 4) is 11.5 Å². The van der Waals surface area contributed by atoms with Gasteiger partial charge in [-0.25, -0.2) is 0 Å². The van der Waals surface area contributed by atoms with Gasteiger partial charge in [-0.15, -0.1) is 0 Å². The summed E-state index contributed by atoms with van der Waals surface area (Å²) in [6.45, 7) is 2.98. The average Bonchev–Trinajstić information content (AvgIpc) is 2.91. The number of ether oxygens (including phenoxy) is 2. The van der Waals surface area contributed by atoms with Gasteiger partial charge in [0.05, 0.1) is 19.6 Å². The van der Waals surface area contributed by atoms with Gasteiger partial charge in [0, 0.05) is 17.8 Å². The fraction of sp³-hybridized carbons (Fsp3) is 0.533. The van der Waals surface area contributed by atoms with Gasteiger partial charge in [0.1, 0.15) is 6.61 Å². The summed E-state index contributed by atoms with van der Waals surface area (Å²) < 4.78 is 10.6. The number of benzene rings is 1. The van der Waals surface area contributed by atoms with Gasteiger partial charge >= 0.3 is 0 Å². The zero-order valence-electron chi connectivity index (χ0n) is 12.4. The van der Waals surface area contributed by atoms with Gasteiger partial charge < -0.3 is 25.2 Å². The Kier molecular flexibility index (Phi) is 5.41. The predicted octanol–water partition coefficient (Wildman–Crippen LogP) is 1.00. The van der Waals surface area contributed by atoms with Crippen molar-refractivity contribution >= 4 is 11.6 Å². The molecule has 6 nitrogen and oxygen atoms in total. The highest BCUT2D eigenvalue weighted by Crippen LogP contribution is 2.30. The largest absolute Gasteiger partial charge is 0.493 e. The molecule has 0 saturated carbocycles. The van der Waals surface area contributed by atoms with E-state index in [0.717, 1.165) is 13.0 Å². The van der Waals surface area contributed by atoms with Crippen LogP contribution in [0.3, 0.4) is 0 Å². The summed E-state index contributed by atoms with van der Waals surface area (Å²) in [7, 11) is 1.55. The van der Waals surface area contributed by atoms with Crippen LogP contribution in [0.15, 0.2) is 18.2 Å². The number of carbonyl (C=O) groups excluding carboxylic acids is 1. The molecule has 1 fully saturated rings. The van der Waals surface area contributed by atoms with E-state index in [4.69, 9.17) is 14.6 Å². The molecule has 6 heteroatoms. The van der Waals surface area contributed by atoms with Crippen LogP contribution in [0.1, 0.15) is 13.3 Å². The Hall–Kier alpha value is -1.79. The maximum Gasteiger partial charge on any atom is 0.229 e. The molecule has 1 aromatic carbocycles. The van der Waals surface area contributed by atoms with Crippen molar-refractivity contribution in [2.24, 2.45) is 5.92 Å². The first-order chi connectivity index (χ1) is 10.2. The lowest BCUT2D eigenvalue weighted by Crippen LogP contribution is -2.32. The quantitative estimate of drug-likeness (QED) is 0.729. The summed E-state index contributed by atoms with van der Waals surface area (Å²) in [5.41, 5.74) is 0.660. The van der Waals surface area contributed by atoms with E-state index in [9.17, 15) is 4.79 Å². The molecule has 1 saturated heterocycles. The van der Waals surface area contributed by atoms with E-state index < -0.39 is 0 Å². The Labute approximate surface area is 124 Å². The second kappa shape index (κ2) is 7.28. The molecular weight excluding hydrogens is 272 g/mol. The molecule has 1 amide bonds. The van der Waals surface area contributed by atoms with Crippen LogP contribution in [0.4, 0.5) is 5.69 Å². The minimum atomic E-state index is -0.0784. The number of anilines is 1. The molecule has 3 N–H and O–H groups in total. The SMILES string of the molecule is COc1ccc(NC(=O)C2CCNC2C)cc1OCCO. The molecule has 116 valence electrons. The molecule has 2 rings (SSSR count). The minimum Gasteiger partial charge on any atom is -0.493 e. The molecule has 1 aliphatic rings. The molecular formula is C15H22N2O4. The number of aliphatic hydroxyl groups is 1. The van der Waals surface area contributed by atoms with Crippen molar-refractivity contribution in [1.82, 2.24) is 5.32 Å². The number of hydrogen-bond acceptors (Lipinski definition) is 5. The van der Waals surface area contributed by atoms with Crippen LogP contribution >= 0.6 is 0 Å². The van der Waals surface area contributed by atoms with Crippen LogP contribution in [0.2, 0.25) is 0 Å². The Morgan fingerprint density at radius 3 is 2.90 bits per heavy atom. The highest BCUT2D eigenvalue weighted by molar-refractivity contribution is 5.93. The zero-order valence-corrected chi connectivity index (χ0v) is 12.4. The molecule has 0 spiro atoms. The van der Waals surface area contributed by atoms with E-state index >= 15 is 0 Å². The smallest absolute Gasteiger partial charge is 0.229 e. The van der Waals surface area contributed by atoms with Crippen LogP contribution < -0.4 is 20.1 Å². The number of methoxy groups -OCH3 is 1. The highest BCUT2D eigenvalue weighted by Gasteiger charge is 2.29. The molecule has 1 aromatic rings. The summed E-state index contributed by atoms with van der Waals surface area (Å²) in [6, 6.07) is 5.40. The Balaban J connectivity index is 2.07. The maximum absolute atomic E-state index is 12.2. The summed E-state index contributed by atoms with van der Waals surface area (Å²) >= 11 is 0. The van der Waals surface area contributed by atoms with E-state index in [2.05, 4.69) is 10.6 Å². The lowest BCUT2D eigenvalue weighted by atomic mass is 10.0. The number of hydrogen-bond donors (Lipinski definition) is 3. The van der Waals surface area contributed by atoms with Crippen molar-refractivity contribution in [3.63, 3.8) is 0 Å².